The summed E-state index contributed by atoms with van der Waals surface area (Å²) < 4.78 is 39.4. The van der Waals surface area contributed by atoms with Gasteiger partial charge in [0.25, 0.3) is 5.91 Å². The van der Waals surface area contributed by atoms with Crippen LogP contribution in [0.15, 0.2) is 23.1 Å². The molecule has 1 N–H and O–H groups in total. The maximum atomic E-state index is 13.4. The second kappa shape index (κ2) is 8.10. The van der Waals surface area contributed by atoms with E-state index in [4.69, 9.17) is 9.47 Å². The van der Waals surface area contributed by atoms with Crippen LogP contribution in [0.2, 0.25) is 0 Å². The maximum absolute atomic E-state index is 13.4. The number of carbonyl (C=O) groups excluding carboxylic acids is 1. The Bertz CT molecular complexity index is 825. The van der Waals surface area contributed by atoms with Gasteiger partial charge in [-0.15, -0.1) is 0 Å². The smallest absolute Gasteiger partial charge is 0.254 e. The highest BCUT2D eigenvalue weighted by Crippen LogP contribution is 2.27. The molecule has 0 spiro atoms. The first-order chi connectivity index (χ1) is 13.1. The predicted molar refractivity (Wildman–Crippen MR) is 106 cm³/mol. The molecule has 0 aromatic heterocycles. The molecule has 2 fully saturated rings. The molecule has 156 valence electrons. The number of aryl methyl sites for hydroxylation is 1. The quantitative estimate of drug-likeness (QED) is 0.824. The van der Waals surface area contributed by atoms with Gasteiger partial charge in [-0.3, -0.25) is 4.79 Å². The number of hydrogen-bond acceptors (Lipinski definition) is 5. The van der Waals surface area contributed by atoms with Gasteiger partial charge in [-0.1, -0.05) is 6.07 Å². The summed E-state index contributed by atoms with van der Waals surface area (Å²) in [5.74, 6) is -0.172. The number of rotatable bonds is 4. The van der Waals surface area contributed by atoms with Crippen molar-refractivity contribution in [2.24, 2.45) is 0 Å². The summed E-state index contributed by atoms with van der Waals surface area (Å²) in [4.78, 5) is 15.2. The molecular formula is C20H30N2O5S. The van der Waals surface area contributed by atoms with Crippen molar-refractivity contribution in [1.29, 1.82) is 0 Å². The fourth-order valence-electron chi connectivity index (χ4n) is 3.71. The molecule has 1 amide bonds. The highest BCUT2D eigenvalue weighted by atomic mass is 32.2. The predicted octanol–water partition coefficient (Wildman–Crippen LogP) is 2.44. The standard InChI is InChI=1S/C20H30N2O5S/c1-14-8-9-15(28(24,25)21-20(2,3)4)13-16(14)18(23)22-10-6-5-7-17(22)19-26-11-12-27-19/h8-9,13,17,19,21H,5-7,10-12H2,1-4H3. The number of carbonyl (C=O) groups is 1. The van der Waals surface area contributed by atoms with E-state index in [1.54, 1.807) is 31.7 Å². The highest BCUT2D eigenvalue weighted by Gasteiger charge is 2.37. The second-order valence-electron chi connectivity index (χ2n) is 8.50. The number of piperidine rings is 1. The van der Waals surface area contributed by atoms with Crippen molar-refractivity contribution in [1.82, 2.24) is 9.62 Å². The number of benzene rings is 1. The van der Waals surface area contributed by atoms with Crippen molar-refractivity contribution in [3.63, 3.8) is 0 Å². The summed E-state index contributed by atoms with van der Waals surface area (Å²) in [7, 11) is -3.72. The summed E-state index contributed by atoms with van der Waals surface area (Å²) in [6.07, 6.45) is 2.34. The van der Waals surface area contributed by atoms with Gasteiger partial charge in [-0.2, -0.15) is 0 Å². The third-order valence-electron chi connectivity index (χ3n) is 4.96. The summed E-state index contributed by atoms with van der Waals surface area (Å²) >= 11 is 0. The minimum atomic E-state index is -3.72. The van der Waals surface area contributed by atoms with Gasteiger partial charge in [0.2, 0.25) is 10.0 Å². The largest absolute Gasteiger partial charge is 0.348 e. The average Bonchev–Trinajstić information content (AvgIpc) is 3.14. The lowest BCUT2D eigenvalue weighted by atomic mass is 9.99. The van der Waals surface area contributed by atoms with Crippen LogP contribution in [0, 0.1) is 6.92 Å². The molecule has 0 saturated carbocycles. The molecule has 7 nitrogen and oxygen atoms in total. The zero-order valence-electron chi connectivity index (χ0n) is 17.0. The molecule has 1 aromatic carbocycles. The van der Waals surface area contributed by atoms with Crippen LogP contribution in [-0.4, -0.2) is 56.9 Å². The lowest BCUT2D eigenvalue weighted by molar-refractivity contribution is -0.100. The molecule has 0 aliphatic carbocycles. The third kappa shape index (κ3) is 4.74. The lowest BCUT2D eigenvalue weighted by Crippen LogP contribution is -2.50. The molecule has 0 radical (unpaired) electrons. The minimum absolute atomic E-state index is 0.0956. The summed E-state index contributed by atoms with van der Waals surface area (Å²) in [6, 6.07) is 4.56. The van der Waals surface area contributed by atoms with Crippen molar-refractivity contribution < 1.29 is 22.7 Å². The first kappa shape index (κ1) is 21.2. The number of nitrogens with zero attached hydrogens (tertiary/aromatic N) is 1. The Balaban J connectivity index is 1.90. The van der Waals surface area contributed by atoms with Gasteiger partial charge >= 0.3 is 0 Å². The van der Waals surface area contributed by atoms with E-state index in [-0.39, 0.29) is 16.8 Å². The molecule has 2 saturated heterocycles. The zero-order valence-corrected chi connectivity index (χ0v) is 17.8. The Morgan fingerprint density at radius 1 is 1.18 bits per heavy atom. The number of nitrogens with one attached hydrogen (secondary N) is 1. The van der Waals surface area contributed by atoms with E-state index in [9.17, 15) is 13.2 Å². The summed E-state index contributed by atoms with van der Waals surface area (Å²) in [6.45, 7) is 8.86. The maximum Gasteiger partial charge on any atom is 0.254 e. The Hall–Kier alpha value is -1.48. The monoisotopic (exact) mass is 410 g/mol. The fraction of sp³-hybridized carbons (Fsp3) is 0.650. The Morgan fingerprint density at radius 2 is 1.86 bits per heavy atom. The lowest BCUT2D eigenvalue weighted by Gasteiger charge is -2.38. The van der Waals surface area contributed by atoms with Crippen LogP contribution in [0.25, 0.3) is 0 Å². The van der Waals surface area contributed by atoms with E-state index in [1.807, 2.05) is 6.92 Å². The van der Waals surface area contributed by atoms with E-state index in [1.165, 1.54) is 12.1 Å². The van der Waals surface area contributed by atoms with E-state index < -0.39 is 21.9 Å². The normalized spacial score (nSPS) is 21.9. The Labute approximate surface area is 167 Å². The summed E-state index contributed by atoms with van der Waals surface area (Å²) in [5, 5.41) is 0. The molecule has 2 aliphatic rings. The van der Waals surface area contributed by atoms with Gasteiger partial charge in [0.05, 0.1) is 24.2 Å². The summed E-state index contributed by atoms with van der Waals surface area (Å²) in [5.41, 5.74) is 0.544. The molecule has 1 unspecified atom stereocenters. The Morgan fingerprint density at radius 3 is 2.50 bits per heavy atom. The SMILES string of the molecule is Cc1ccc(S(=O)(=O)NC(C)(C)C)cc1C(=O)N1CCCCC1C1OCCO1. The molecule has 0 bridgehead atoms. The first-order valence-corrected chi connectivity index (χ1v) is 11.3. The van der Waals surface area contributed by atoms with E-state index in [0.717, 1.165) is 24.8 Å². The first-order valence-electron chi connectivity index (χ1n) is 9.77. The third-order valence-corrected chi connectivity index (χ3v) is 6.72. The van der Waals surface area contributed by atoms with Crippen molar-refractivity contribution in [2.75, 3.05) is 19.8 Å². The molecule has 1 aromatic rings. The van der Waals surface area contributed by atoms with Gasteiger partial charge in [0.15, 0.2) is 6.29 Å². The van der Waals surface area contributed by atoms with Gasteiger partial charge in [0, 0.05) is 17.6 Å². The minimum Gasteiger partial charge on any atom is -0.348 e. The number of amides is 1. The van der Waals surface area contributed by atoms with Crippen LogP contribution in [0.3, 0.4) is 0 Å². The average molecular weight is 411 g/mol. The van der Waals surface area contributed by atoms with Gasteiger partial charge < -0.3 is 14.4 Å². The topological polar surface area (TPSA) is 84.9 Å². The van der Waals surface area contributed by atoms with Crippen LogP contribution >= 0.6 is 0 Å². The van der Waals surface area contributed by atoms with E-state index in [2.05, 4.69) is 4.72 Å². The van der Waals surface area contributed by atoms with Crippen LogP contribution in [-0.2, 0) is 19.5 Å². The molecule has 28 heavy (non-hydrogen) atoms. The zero-order chi connectivity index (χ0) is 20.5. The molecule has 2 heterocycles. The molecule has 1 atom stereocenters. The van der Waals surface area contributed by atoms with Crippen LogP contribution in [0.5, 0.6) is 0 Å². The van der Waals surface area contributed by atoms with E-state index in [0.29, 0.717) is 25.3 Å². The van der Waals surface area contributed by atoms with Crippen molar-refractivity contribution in [3.8, 4) is 0 Å². The van der Waals surface area contributed by atoms with Gasteiger partial charge in [0.1, 0.15) is 0 Å². The fourth-order valence-corrected chi connectivity index (χ4v) is 5.15. The van der Waals surface area contributed by atoms with Gasteiger partial charge in [-0.05, 0) is 64.7 Å². The van der Waals surface area contributed by atoms with Crippen LogP contribution in [0.4, 0.5) is 0 Å². The number of likely N-dealkylation sites (tertiary alicyclic amines) is 1. The highest BCUT2D eigenvalue weighted by molar-refractivity contribution is 7.89. The van der Waals surface area contributed by atoms with Crippen LogP contribution < -0.4 is 4.72 Å². The molecule has 2 aliphatic heterocycles. The number of ether oxygens (including phenoxy) is 2. The number of hydrogen-bond donors (Lipinski definition) is 1. The molecule has 3 rings (SSSR count). The van der Waals surface area contributed by atoms with Gasteiger partial charge in [-0.25, -0.2) is 13.1 Å². The molecule has 8 heteroatoms. The van der Waals surface area contributed by atoms with Crippen molar-refractivity contribution in [2.45, 2.75) is 69.7 Å². The van der Waals surface area contributed by atoms with E-state index >= 15 is 0 Å². The second-order valence-corrected chi connectivity index (χ2v) is 10.2. The van der Waals surface area contributed by atoms with Crippen molar-refractivity contribution in [3.05, 3.63) is 29.3 Å². The number of sulfonamides is 1. The van der Waals surface area contributed by atoms with Crippen molar-refractivity contribution >= 4 is 15.9 Å². The molecular weight excluding hydrogens is 380 g/mol. The Kier molecular flexibility index (Phi) is 6.14. The van der Waals surface area contributed by atoms with Crippen LogP contribution in [0.1, 0.15) is 56.0 Å².